The van der Waals surface area contributed by atoms with Crippen LogP contribution in [0.4, 0.5) is 4.39 Å². The molecule has 3 aromatic rings. The number of fused-ring (bicyclic) bond motifs is 1. The summed E-state index contributed by atoms with van der Waals surface area (Å²) in [6, 6.07) is 11.8. The number of aryl methyl sites for hydroxylation is 1. The summed E-state index contributed by atoms with van der Waals surface area (Å²) in [4.78, 5) is 15.3. The van der Waals surface area contributed by atoms with Crippen LogP contribution in [0, 0.1) is 12.7 Å². The van der Waals surface area contributed by atoms with Gasteiger partial charge < -0.3 is 15.4 Å². The van der Waals surface area contributed by atoms with Gasteiger partial charge in [0.05, 0.1) is 12.5 Å². The van der Waals surface area contributed by atoms with E-state index in [-0.39, 0.29) is 12.3 Å². The first-order valence-corrected chi connectivity index (χ1v) is 8.30. The van der Waals surface area contributed by atoms with Gasteiger partial charge in [0, 0.05) is 23.6 Å². The number of rotatable bonds is 6. The summed E-state index contributed by atoms with van der Waals surface area (Å²) in [5.74, 6) is -0.681. The van der Waals surface area contributed by atoms with Gasteiger partial charge in [-0.15, -0.1) is 0 Å². The molecule has 0 saturated heterocycles. The minimum absolute atomic E-state index is 0.0869. The molecular weight excluding hydrogens is 319 g/mol. The van der Waals surface area contributed by atoms with E-state index in [1.54, 1.807) is 6.07 Å². The van der Waals surface area contributed by atoms with E-state index >= 15 is 0 Å². The van der Waals surface area contributed by atoms with E-state index in [0.29, 0.717) is 18.5 Å². The van der Waals surface area contributed by atoms with Crippen LogP contribution in [0.1, 0.15) is 29.2 Å². The van der Waals surface area contributed by atoms with Gasteiger partial charge in [0.1, 0.15) is 5.82 Å². The molecule has 0 aliphatic rings. The molecule has 4 nitrogen and oxygen atoms in total. The number of hydrogen-bond acceptors (Lipinski definition) is 2. The molecule has 130 valence electrons. The average Bonchev–Trinajstić information content (AvgIpc) is 2.99. The second-order valence-corrected chi connectivity index (χ2v) is 6.19. The van der Waals surface area contributed by atoms with Gasteiger partial charge in [-0.1, -0.05) is 30.3 Å². The SMILES string of the molecule is Cc1cccc2c(CCNC(=O)CC(O)c3cccc(F)c3)c[nH]c12. The van der Waals surface area contributed by atoms with Gasteiger partial charge in [0.15, 0.2) is 0 Å². The Hall–Kier alpha value is -2.66. The van der Waals surface area contributed by atoms with Crippen LogP contribution < -0.4 is 5.32 Å². The molecule has 5 heteroatoms. The number of hydrogen-bond donors (Lipinski definition) is 3. The number of carbonyl (C=O) groups excluding carboxylic acids is 1. The number of nitrogens with one attached hydrogen (secondary N) is 2. The summed E-state index contributed by atoms with van der Waals surface area (Å²) in [6.45, 7) is 2.54. The molecule has 25 heavy (non-hydrogen) atoms. The molecule has 0 spiro atoms. The number of amides is 1. The van der Waals surface area contributed by atoms with Crippen LogP contribution in [-0.4, -0.2) is 22.5 Å². The van der Waals surface area contributed by atoms with Crippen molar-refractivity contribution < 1.29 is 14.3 Å². The zero-order valence-corrected chi connectivity index (χ0v) is 14.1. The third kappa shape index (κ3) is 4.06. The minimum atomic E-state index is -1.01. The van der Waals surface area contributed by atoms with Crippen molar-refractivity contribution in [3.63, 3.8) is 0 Å². The highest BCUT2D eigenvalue weighted by Crippen LogP contribution is 2.21. The number of aliphatic hydroxyl groups excluding tert-OH is 1. The van der Waals surface area contributed by atoms with Crippen molar-refractivity contribution >= 4 is 16.8 Å². The van der Waals surface area contributed by atoms with Crippen LogP contribution in [0.3, 0.4) is 0 Å². The molecule has 0 bridgehead atoms. The zero-order valence-electron chi connectivity index (χ0n) is 14.1. The molecule has 1 aromatic heterocycles. The van der Waals surface area contributed by atoms with E-state index in [1.807, 2.05) is 12.3 Å². The highest BCUT2D eigenvalue weighted by Gasteiger charge is 2.13. The van der Waals surface area contributed by atoms with E-state index in [0.717, 1.165) is 16.5 Å². The standard InChI is InChI=1S/C20H21FN2O2/c1-13-4-2-7-17-15(12-23-20(13)17)8-9-22-19(25)11-18(24)14-5-3-6-16(21)10-14/h2-7,10,12,18,23-24H,8-9,11H2,1H3,(H,22,25). The lowest BCUT2D eigenvalue weighted by atomic mass is 10.1. The predicted octanol–water partition coefficient (Wildman–Crippen LogP) is 3.40. The number of carbonyl (C=O) groups is 1. The molecule has 3 N–H and O–H groups in total. The molecule has 0 saturated carbocycles. The summed E-state index contributed by atoms with van der Waals surface area (Å²) >= 11 is 0. The van der Waals surface area contributed by atoms with Crippen molar-refractivity contribution in [2.75, 3.05) is 6.54 Å². The monoisotopic (exact) mass is 340 g/mol. The van der Waals surface area contributed by atoms with Crippen molar-refractivity contribution in [3.8, 4) is 0 Å². The lowest BCUT2D eigenvalue weighted by molar-refractivity contribution is -0.123. The van der Waals surface area contributed by atoms with Crippen molar-refractivity contribution in [2.45, 2.75) is 25.9 Å². The third-order valence-corrected chi connectivity index (χ3v) is 4.34. The smallest absolute Gasteiger partial charge is 0.222 e. The van der Waals surface area contributed by atoms with Gasteiger partial charge in [0.2, 0.25) is 5.91 Å². The molecule has 0 aliphatic carbocycles. The Morgan fingerprint density at radius 1 is 1.28 bits per heavy atom. The number of aliphatic hydroxyl groups is 1. The molecule has 0 aliphatic heterocycles. The summed E-state index contributed by atoms with van der Waals surface area (Å²) in [7, 11) is 0. The second kappa shape index (κ2) is 7.49. The number of benzene rings is 2. The average molecular weight is 340 g/mol. The number of aromatic nitrogens is 1. The lowest BCUT2D eigenvalue weighted by Crippen LogP contribution is -2.27. The van der Waals surface area contributed by atoms with Crippen LogP contribution >= 0.6 is 0 Å². The van der Waals surface area contributed by atoms with Crippen molar-refractivity contribution in [1.29, 1.82) is 0 Å². The number of H-pyrrole nitrogens is 1. The zero-order chi connectivity index (χ0) is 17.8. The van der Waals surface area contributed by atoms with E-state index in [4.69, 9.17) is 0 Å². The fourth-order valence-corrected chi connectivity index (χ4v) is 2.99. The molecule has 2 aromatic carbocycles. The highest BCUT2D eigenvalue weighted by molar-refractivity contribution is 5.86. The fraction of sp³-hybridized carbons (Fsp3) is 0.250. The van der Waals surface area contributed by atoms with Gasteiger partial charge >= 0.3 is 0 Å². The van der Waals surface area contributed by atoms with Gasteiger partial charge in [0.25, 0.3) is 0 Å². The normalized spacial score (nSPS) is 12.3. The Bertz CT molecular complexity index is 888. The summed E-state index contributed by atoms with van der Waals surface area (Å²) in [5, 5.41) is 14.0. The molecular formula is C20H21FN2O2. The van der Waals surface area contributed by atoms with Crippen LogP contribution in [0.25, 0.3) is 10.9 Å². The predicted molar refractivity (Wildman–Crippen MR) is 95.7 cm³/mol. The Morgan fingerprint density at radius 2 is 2.08 bits per heavy atom. The summed E-state index contributed by atoms with van der Waals surface area (Å²) in [6.07, 6.45) is 1.57. The topological polar surface area (TPSA) is 65.1 Å². The van der Waals surface area contributed by atoms with Crippen molar-refractivity contribution in [1.82, 2.24) is 10.3 Å². The van der Waals surface area contributed by atoms with Gasteiger partial charge in [-0.3, -0.25) is 4.79 Å². The summed E-state index contributed by atoms with van der Waals surface area (Å²) < 4.78 is 13.2. The second-order valence-electron chi connectivity index (χ2n) is 6.19. The Balaban J connectivity index is 1.53. The van der Waals surface area contributed by atoms with Gasteiger partial charge in [-0.05, 0) is 42.2 Å². The van der Waals surface area contributed by atoms with Crippen LogP contribution in [-0.2, 0) is 11.2 Å². The third-order valence-electron chi connectivity index (χ3n) is 4.34. The molecule has 0 fully saturated rings. The minimum Gasteiger partial charge on any atom is -0.388 e. The Labute approximate surface area is 145 Å². The first-order valence-electron chi connectivity index (χ1n) is 8.30. The van der Waals surface area contributed by atoms with E-state index < -0.39 is 11.9 Å². The summed E-state index contributed by atoms with van der Waals surface area (Å²) in [5.41, 5.74) is 3.85. The molecule has 1 amide bonds. The molecule has 1 unspecified atom stereocenters. The maximum absolute atomic E-state index is 13.2. The first kappa shape index (κ1) is 17.2. The van der Waals surface area contributed by atoms with Gasteiger partial charge in [-0.2, -0.15) is 0 Å². The Morgan fingerprint density at radius 3 is 2.88 bits per heavy atom. The number of para-hydroxylation sites is 1. The van der Waals surface area contributed by atoms with Crippen LogP contribution in [0.15, 0.2) is 48.7 Å². The molecule has 3 rings (SSSR count). The molecule has 1 heterocycles. The largest absolute Gasteiger partial charge is 0.388 e. The van der Waals surface area contributed by atoms with Crippen molar-refractivity contribution in [2.24, 2.45) is 0 Å². The number of halogens is 1. The van der Waals surface area contributed by atoms with E-state index in [2.05, 4.69) is 29.4 Å². The molecule has 0 radical (unpaired) electrons. The van der Waals surface area contributed by atoms with Crippen molar-refractivity contribution in [3.05, 3.63) is 71.2 Å². The first-order chi connectivity index (χ1) is 12.0. The van der Waals surface area contributed by atoms with E-state index in [9.17, 15) is 14.3 Å². The van der Waals surface area contributed by atoms with Gasteiger partial charge in [-0.25, -0.2) is 4.39 Å². The number of aromatic amines is 1. The fourth-order valence-electron chi connectivity index (χ4n) is 2.99. The highest BCUT2D eigenvalue weighted by atomic mass is 19.1. The Kier molecular flexibility index (Phi) is 5.14. The maximum atomic E-state index is 13.2. The van der Waals surface area contributed by atoms with E-state index in [1.165, 1.54) is 23.8 Å². The maximum Gasteiger partial charge on any atom is 0.222 e. The van der Waals surface area contributed by atoms with Crippen LogP contribution in [0.2, 0.25) is 0 Å². The lowest BCUT2D eigenvalue weighted by Gasteiger charge is -2.11. The molecule has 1 atom stereocenters. The quantitative estimate of drug-likeness (QED) is 0.644. The van der Waals surface area contributed by atoms with Crippen LogP contribution in [0.5, 0.6) is 0 Å².